The maximum Gasteiger partial charge on any atom is 0.252 e. The second-order valence-corrected chi connectivity index (χ2v) is 7.10. The predicted octanol–water partition coefficient (Wildman–Crippen LogP) is 4.07. The number of hydrogen-bond donors (Lipinski definition) is 1. The van der Waals surface area contributed by atoms with E-state index in [4.69, 9.17) is 0 Å². The average molecular weight is 337 g/mol. The number of rotatable bonds is 4. The standard InChI is InChI=1S/C20H19NO2S/c1-14(16-12-11-15-7-3-4-8-17(15)13-16)21-20(22)18-9-5-6-10-19(18)24(2)23/h3-14H,1-2H3,(H,21,22)/t14-,24-/m0/s1. The summed E-state index contributed by atoms with van der Waals surface area (Å²) in [5.41, 5.74) is 1.50. The number of hydrogen-bond acceptors (Lipinski definition) is 2. The van der Waals surface area contributed by atoms with Crippen molar-refractivity contribution in [1.82, 2.24) is 5.32 Å². The quantitative estimate of drug-likeness (QED) is 0.780. The second-order valence-electron chi connectivity index (χ2n) is 5.75. The Balaban J connectivity index is 1.84. The summed E-state index contributed by atoms with van der Waals surface area (Å²) >= 11 is 0. The highest BCUT2D eigenvalue weighted by atomic mass is 32.2. The number of amides is 1. The van der Waals surface area contributed by atoms with Crippen LogP contribution in [-0.4, -0.2) is 16.4 Å². The van der Waals surface area contributed by atoms with Crippen LogP contribution in [0.1, 0.15) is 28.9 Å². The molecular weight excluding hydrogens is 318 g/mol. The normalized spacial score (nSPS) is 13.4. The van der Waals surface area contributed by atoms with E-state index in [0.717, 1.165) is 10.9 Å². The summed E-state index contributed by atoms with van der Waals surface area (Å²) in [6, 6.07) is 21.2. The molecule has 3 aromatic rings. The molecule has 0 saturated carbocycles. The first-order chi connectivity index (χ1) is 11.6. The van der Waals surface area contributed by atoms with E-state index < -0.39 is 10.8 Å². The van der Waals surface area contributed by atoms with Crippen LogP contribution >= 0.6 is 0 Å². The lowest BCUT2D eigenvalue weighted by Gasteiger charge is -2.16. The van der Waals surface area contributed by atoms with Crippen molar-refractivity contribution >= 4 is 27.5 Å². The smallest absolute Gasteiger partial charge is 0.252 e. The molecule has 0 heterocycles. The molecule has 0 radical (unpaired) electrons. The largest absolute Gasteiger partial charge is 0.345 e. The molecular formula is C20H19NO2S. The van der Waals surface area contributed by atoms with Crippen molar-refractivity contribution in [1.29, 1.82) is 0 Å². The lowest BCUT2D eigenvalue weighted by atomic mass is 10.0. The Bertz CT molecular complexity index is 920. The first kappa shape index (κ1) is 16.4. The van der Waals surface area contributed by atoms with E-state index in [0.29, 0.717) is 10.5 Å². The van der Waals surface area contributed by atoms with E-state index in [1.54, 1.807) is 30.5 Å². The van der Waals surface area contributed by atoms with Crippen LogP contribution in [0.2, 0.25) is 0 Å². The molecule has 0 aromatic heterocycles. The summed E-state index contributed by atoms with van der Waals surface area (Å²) in [6.45, 7) is 1.95. The molecule has 3 aromatic carbocycles. The van der Waals surface area contributed by atoms with Crippen molar-refractivity contribution in [3.05, 3.63) is 77.9 Å². The fraction of sp³-hybridized carbons (Fsp3) is 0.150. The number of benzene rings is 3. The van der Waals surface area contributed by atoms with Gasteiger partial charge >= 0.3 is 0 Å². The van der Waals surface area contributed by atoms with Gasteiger partial charge in [-0.05, 0) is 41.5 Å². The van der Waals surface area contributed by atoms with E-state index in [9.17, 15) is 9.00 Å². The molecule has 0 saturated heterocycles. The molecule has 0 fully saturated rings. The fourth-order valence-electron chi connectivity index (χ4n) is 2.74. The molecule has 4 heteroatoms. The molecule has 3 rings (SSSR count). The van der Waals surface area contributed by atoms with Gasteiger partial charge in [0, 0.05) is 6.26 Å². The zero-order valence-electron chi connectivity index (χ0n) is 13.7. The lowest BCUT2D eigenvalue weighted by molar-refractivity contribution is 0.0937. The van der Waals surface area contributed by atoms with Gasteiger partial charge < -0.3 is 5.32 Å². The molecule has 0 aliphatic carbocycles. The van der Waals surface area contributed by atoms with Crippen LogP contribution in [0.15, 0.2) is 71.6 Å². The van der Waals surface area contributed by atoms with Crippen LogP contribution < -0.4 is 5.32 Å². The summed E-state index contributed by atoms with van der Waals surface area (Å²) < 4.78 is 11.8. The Labute approximate surface area is 144 Å². The summed E-state index contributed by atoms with van der Waals surface area (Å²) in [7, 11) is -1.20. The third-order valence-electron chi connectivity index (χ3n) is 4.06. The molecule has 122 valence electrons. The van der Waals surface area contributed by atoms with Gasteiger partial charge in [-0.1, -0.05) is 48.5 Å². The van der Waals surface area contributed by atoms with Crippen LogP contribution in [0.25, 0.3) is 10.8 Å². The van der Waals surface area contributed by atoms with E-state index in [-0.39, 0.29) is 11.9 Å². The topological polar surface area (TPSA) is 46.2 Å². The summed E-state index contributed by atoms with van der Waals surface area (Å²) in [5, 5.41) is 5.32. The molecule has 2 atom stereocenters. The molecule has 1 amide bonds. The minimum absolute atomic E-state index is 0.138. The first-order valence-corrected chi connectivity index (χ1v) is 9.34. The zero-order valence-corrected chi connectivity index (χ0v) is 14.5. The molecule has 0 unspecified atom stereocenters. The monoisotopic (exact) mass is 337 g/mol. The van der Waals surface area contributed by atoms with Gasteiger partial charge in [0.2, 0.25) is 0 Å². The lowest BCUT2D eigenvalue weighted by Crippen LogP contribution is -2.27. The van der Waals surface area contributed by atoms with Gasteiger partial charge in [-0.2, -0.15) is 0 Å². The SMILES string of the molecule is C[C@H](NC(=O)c1ccccc1[S@](C)=O)c1ccc2ccccc2c1. The Morgan fingerprint density at radius 1 is 0.958 bits per heavy atom. The van der Waals surface area contributed by atoms with Crippen LogP contribution in [0.3, 0.4) is 0 Å². The van der Waals surface area contributed by atoms with Gasteiger partial charge in [0.1, 0.15) is 0 Å². The number of fused-ring (bicyclic) bond motifs is 1. The van der Waals surface area contributed by atoms with Crippen molar-refractivity contribution < 1.29 is 9.00 Å². The molecule has 3 nitrogen and oxygen atoms in total. The highest BCUT2D eigenvalue weighted by molar-refractivity contribution is 7.84. The Morgan fingerprint density at radius 3 is 2.38 bits per heavy atom. The van der Waals surface area contributed by atoms with E-state index in [1.807, 2.05) is 25.1 Å². The maximum atomic E-state index is 12.6. The molecule has 24 heavy (non-hydrogen) atoms. The number of carbonyl (C=O) groups excluding carboxylic acids is 1. The zero-order chi connectivity index (χ0) is 17.1. The van der Waals surface area contributed by atoms with Crippen molar-refractivity contribution in [2.24, 2.45) is 0 Å². The van der Waals surface area contributed by atoms with Gasteiger partial charge in [-0.25, -0.2) is 0 Å². The maximum absolute atomic E-state index is 12.6. The minimum atomic E-state index is -1.20. The van der Waals surface area contributed by atoms with Gasteiger partial charge in [-0.15, -0.1) is 0 Å². The molecule has 0 aliphatic rings. The van der Waals surface area contributed by atoms with Crippen LogP contribution in [0.4, 0.5) is 0 Å². The molecule has 0 aliphatic heterocycles. The summed E-state index contributed by atoms with van der Waals surface area (Å²) in [4.78, 5) is 13.1. The van der Waals surface area contributed by atoms with Crippen molar-refractivity contribution in [2.45, 2.75) is 17.9 Å². The number of nitrogens with one attached hydrogen (secondary N) is 1. The summed E-state index contributed by atoms with van der Waals surface area (Å²) in [5.74, 6) is -0.207. The minimum Gasteiger partial charge on any atom is -0.345 e. The van der Waals surface area contributed by atoms with Crippen LogP contribution in [0, 0.1) is 0 Å². The Morgan fingerprint density at radius 2 is 1.62 bits per heavy atom. The average Bonchev–Trinajstić information content (AvgIpc) is 2.61. The molecule has 0 spiro atoms. The Hall–Kier alpha value is -2.46. The highest BCUT2D eigenvalue weighted by Crippen LogP contribution is 2.21. The van der Waals surface area contributed by atoms with Crippen molar-refractivity contribution in [3.8, 4) is 0 Å². The van der Waals surface area contributed by atoms with Crippen LogP contribution in [0.5, 0.6) is 0 Å². The predicted molar refractivity (Wildman–Crippen MR) is 98.6 cm³/mol. The van der Waals surface area contributed by atoms with E-state index >= 15 is 0 Å². The highest BCUT2D eigenvalue weighted by Gasteiger charge is 2.16. The third-order valence-corrected chi connectivity index (χ3v) is 5.04. The van der Waals surface area contributed by atoms with E-state index in [1.165, 1.54) is 5.39 Å². The molecule has 1 N–H and O–H groups in total. The van der Waals surface area contributed by atoms with Gasteiger partial charge in [-0.3, -0.25) is 9.00 Å². The van der Waals surface area contributed by atoms with Crippen molar-refractivity contribution in [2.75, 3.05) is 6.26 Å². The Kier molecular flexibility index (Phi) is 4.76. The summed E-state index contributed by atoms with van der Waals surface area (Å²) in [6.07, 6.45) is 1.58. The third kappa shape index (κ3) is 3.39. The molecule has 0 bridgehead atoms. The fourth-order valence-corrected chi connectivity index (χ4v) is 3.48. The van der Waals surface area contributed by atoms with E-state index in [2.05, 4.69) is 29.6 Å². The first-order valence-electron chi connectivity index (χ1n) is 7.78. The van der Waals surface area contributed by atoms with Gasteiger partial charge in [0.15, 0.2) is 0 Å². The van der Waals surface area contributed by atoms with Crippen LogP contribution in [-0.2, 0) is 10.8 Å². The second kappa shape index (κ2) is 6.97. The van der Waals surface area contributed by atoms with Gasteiger partial charge in [0.25, 0.3) is 5.91 Å². The number of carbonyl (C=O) groups is 1. The van der Waals surface area contributed by atoms with Crippen molar-refractivity contribution in [3.63, 3.8) is 0 Å². The van der Waals surface area contributed by atoms with Gasteiger partial charge in [0.05, 0.1) is 27.3 Å².